The molecule has 0 aliphatic carbocycles. The second kappa shape index (κ2) is 7.37. The molecule has 8 heteroatoms. The fourth-order valence-corrected chi connectivity index (χ4v) is 6.87. The SMILES string of the molecule is CCCN(C1=N[C@H]2CS(=O)(=O)C[C@@H]2S1)c1ccc(CC(=O)OC)cc1. The van der Waals surface area contributed by atoms with Crippen molar-refractivity contribution < 1.29 is 17.9 Å². The molecule has 136 valence electrons. The van der Waals surface area contributed by atoms with Crippen molar-refractivity contribution in [2.45, 2.75) is 31.1 Å². The summed E-state index contributed by atoms with van der Waals surface area (Å²) < 4.78 is 28.2. The normalized spacial score (nSPS) is 23.8. The van der Waals surface area contributed by atoms with Crippen LogP contribution in [0, 0.1) is 0 Å². The molecule has 1 aromatic carbocycles. The van der Waals surface area contributed by atoms with Crippen molar-refractivity contribution in [3.8, 4) is 0 Å². The van der Waals surface area contributed by atoms with Gasteiger partial charge in [-0.2, -0.15) is 0 Å². The number of amidine groups is 1. The molecule has 6 nitrogen and oxygen atoms in total. The number of aliphatic imine (C=N–C) groups is 1. The highest BCUT2D eigenvalue weighted by molar-refractivity contribution is 8.15. The van der Waals surface area contributed by atoms with Crippen molar-refractivity contribution in [1.29, 1.82) is 0 Å². The number of sulfone groups is 1. The molecule has 1 fully saturated rings. The summed E-state index contributed by atoms with van der Waals surface area (Å²) in [7, 11) is -1.56. The number of methoxy groups -OCH3 is 1. The van der Waals surface area contributed by atoms with Crippen molar-refractivity contribution in [3.05, 3.63) is 29.8 Å². The number of anilines is 1. The van der Waals surface area contributed by atoms with E-state index in [9.17, 15) is 13.2 Å². The molecule has 0 amide bonds. The van der Waals surface area contributed by atoms with E-state index in [1.54, 1.807) is 11.8 Å². The number of rotatable bonds is 5. The van der Waals surface area contributed by atoms with Crippen LogP contribution in [0.4, 0.5) is 5.69 Å². The quantitative estimate of drug-likeness (QED) is 0.724. The van der Waals surface area contributed by atoms with Crippen LogP contribution in [-0.2, 0) is 25.8 Å². The first-order chi connectivity index (χ1) is 11.9. The number of thioether (sulfide) groups is 1. The van der Waals surface area contributed by atoms with Gasteiger partial charge in [-0.25, -0.2) is 8.42 Å². The number of ether oxygens (including phenoxy) is 1. The third-order valence-corrected chi connectivity index (χ3v) is 7.55. The van der Waals surface area contributed by atoms with Crippen molar-refractivity contribution in [3.63, 3.8) is 0 Å². The Morgan fingerprint density at radius 3 is 2.64 bits per heavy atom. The molecule has 0 bridgehead atoms. The standard InChI is InChI=1S/C17H22N2O4S2/c1-3-8-19(13-6-4-12(5-7-13)9-16(20)23-2)17-18-14-10-25(21,22)11-15(14)24-17/h4-7,14-15H,3,8-11H2,1-2H3/t14-,15-/m0/s1. The molecule has 25 heavy (non-hydrogen) atoms. The summed E-state index contributed by atoms with van der Waals surface area (Å²) in [6.07, 6.45) is 1.21. The predicted octanol–water partition coefficient (Wildman–Crippen LogP) is 1.89. The monoisotopic (exact) mass is 382 g/mol. The van der Waals surface area contributed by atoms with Crippen LogP contribution < -0.4 is 4.90 Å². The molecule has 1 aromatic rings. The summed E-state index contributed by atoms with van der Waals surface area (Å²) in [6.45, 7) is 2.92. The zero-order valence-corrected chi connectivity index (χ0v) is 16.0. The van der Waals surface area contributed by atoms with Gasteiger partial charge in [-0.15, -0.1) is 0 Å². The first-order valence-corrected chi connectivity index (χ1v) is 11.0. The minimum absolute atomic E-state index is 0.0398. The Hall–Kier alpha value is -1.54. The van der Waals surface area contributed by atoms with Crippen LogP contribution in [0.25, 0.3) is 0 Å². The summed E-state index contributed by atoms with van der Waals surface area (Å²) in [4.78, 5) is 18.2. The van der Waals surface area contributed by atoms with Gasteiger partial charge in [0.2, 0.25) is 0 Å². The molecular weight excluding hydrogens is 360 g/mol. The van der Waals surface area contributed by atoms with E-state index < -0.39 is 9.84 Å². The molecule has 0 unspecified atom stereocenters. The molecular formula is C17H22N2O4S2. The summed E-state index contributed by atoms with van der Waals surface area (Å²) in [6, 6.07) is 7.66. The molecule has 0 spiro atoms. The number of hydrogen-bond acceptors (Lipinski definition) is 7. The molecule has 2 aliphatic heterocycles. The molecule has 0 radical (unpaired) electrons. The zero-order valence-electron chi connectivity index (χ0n) is 14.3. The van der Waals surface area contributed by atoms with Gasteiger partial charge in [-0.05, 0) is 24.1 Å². The highest BCUT2D eigenvalue weighted by Crippen LogP contribution is 2.36. The maximum absolute atomic E-state index is 11.7. The Labute approximate surface area is 152 Å². The van der Waals surface area contributed by atoms with Gasteiger partial charge in [0, 0.05) is 17.5 Å². The molecule has 0 N–H and O–H groups in total. The van der Waals surface area contributed by atoms with Gasteiger partial charge in [0.25, 0.3) is 0 Å². The van der Waals surface area contributed by atoms with E-state index >= 15 is 0 Å². The summed E-state index contributed by atoms with van der Waals surface area (Å²) in [5.74, 6) is 0.113. The predicted molar refractivity (Wildman–Crippen MR) is 101 cm³/mol. The number of carbonyl (C=O) groups is 1. The van der Waals surface area contributed by atoms with Crippen molar-refractivity contribution in [1.82, 2.24) is 0 Å². The lowest BCUT2D eigenvalue weighted by molar-refractivity contribution is -0.139. The zero-order chi connectivity index (χ0) is 18.0. The van der Waals surface area contributed by atoms with E-state index in [1.165, 1.54) is 7.11 Å². The Balaban J connectivity index is 1.77. The molecule has 1 saturated heterocycles. The Morgan fingerprint density at radius 1 is 1.32 bits per heavy atom. The lowest BCUT2D eigenvalue weighted by atomic mass is 10.1. The van der Waals surface area contributed by atoms with E-state index in [-0.39, 0.29) is 35.2 Å². The van der Waals surface area contributed by atoms with Crippen molar-refractivity contribution in [2.75, 3.05) is 30.1 Å². The molecule has 2 aliphatic rings. The van der Waals surface area contributed by atoms with Gasteiger partial charge in [0.05, 0.1) is 31.1 Å². The van der Waals surface area contributed by atoms with Gasteiger partial charge >= 0.3 is 5.97 Å². The van der Waals surface area contributed by atoms with Crippen LogP contribution in [0.5, 0.6) is 0 Å². The van der Waals surface area contributed by atoms with Crippen LogP contribution >= 0.6 is 11.8 Å². The fraction of sp³-hybridized carbons (Fsp3) is 0.529. The maximum atomic E-state index is 11.7. The molecule has 0 aromatic heterocycles. The summed E-state index contributed by atoms with van der Waals surface area (Å²) in [5.41, 5.74) is 1.90. The average Bonchev–Trinajstić information content (AvgIpc) is 3.06. The second-order valence-electron chi connectivity index (χ2n) is 6.28. The molecule has 2 atom stereocenters. The lowest BCUT2D eigenvalue weighted by Gasteiger charge is -2.24. The molecule has 0 saturated carbocycles. The fourth-order valence-electron chi connectivity index (χ4n) is 3.06. The third kappa shape index (κ3) is 4.17. The number of carbonyl (C=O) groups excluding carboxylic acids is 1. The van der Waals surface area contributed by atoms with E-state index in [4.69, 9.17) is 0 Å². The van der Waals surface area contributed by atoms with Crippen LogP contribution in [-0.4, -0.2) is 56.0 Å². The third-order valence-electron chi connectivity index (χ3n) is 4.31. The molecule has 3 rings (SSSR count). The van der Waals surface area contributed by atoms with Crippen LogP contribution in [0.2, 0.25) is 0 Å². The Kier molecular flexibility index (Phi) is 5.38. The minimum Gasteiger partial charge on any atom is -0.469 e. The van der Waals surface area contributed by atoms with E-state index in [0.717, 1.165) is 29.4 Å². The number of benzene rings is 1. The smallest absolute Gasteiger partial charge is 0.309 e. The van der Waals surface area contributed by atoms with Crippen molar-refractivity contribution >= 4 is 38.4 Å². The van der Waals surface area contributed by atoms with Gasteiger partial charge in [0.1, 0.15) is 0 Å². The Bertz CT molecular complexity index is 774. The second-order valence-corrected chi connectivity index (χ2v) is 9.64. The highest BCUT2D eigenvalue weighted by Gasteiger charge is 2.43. The first-order valence-electron chi connectivity index (χ1n) is 8.30. The van der Waals surface area contributed by atoms with Gasteiger partial charge in [-0.1, -0.05) is 30.8 Å². The van der Waals surface area contributed by atoms with Gasteiger partial charge in [0.15, 0.2) is 15.0 Å². The average molecular weight is 383 g/mol. The summed E-state index contributed by atoms with van der Waals surface area (Å²) in [5, 5.41) is 0.936. The Morgan fingerprint density at radius 2 is 2.04 bits per heavy atom. The van der Waals surface area contributed by atoms with Gasteiger partial charge < -0.3 is 9.64 Å². The van der Waals surface area contributed by atoms with Crippen LogP contribution in [0.1, 0.15) is 18.9 Å². The van der Waals surface area contributed by atoms with Crippen molar-refractivity contribution in [2.24, 2.45) is 4.99 Å². The molecule has 2 heterocycles. The van der Waals surface area contributed by atoms with E-state index in [2.05, 4.69) is 21.6 Å². The maximum Gasteiger partial charge on any atom is 0.309 e. The number of hydrogen-bond donors (Lipinski definition) is 0. The van der Waals surface area contributed by atoms with E-state index in [0.29, 0.717) is 0 Å². The summed E-state index contributed by atoms with van der Waals surface area (Å²) >= 11 is 1.57. The van der Waals surface area contributed by atoms with E-state index in [1.807, 2.05) is 24.3 Å². The van der Waals surface area contributed by atoms with Crippen LogP contribution in [0.15, 0.2) is 29.3 Å². The number of esters is 1. The highest BCUT2D eigenvalue weighted by atomic mass is 32.2. The largest absolute Gasteiger partial charge is 0.469 e. The van der Waals surface area contributed by atoms with Gasteiger partial charge in [-0.3, -0.25) is 9.79 Å². The van der Waals surface area contributed by atoms with Crippen LogP contribution in [0.3, 0.4) is 0 Å². The number of nitrogens with zero attached hydrogens (tertiary/aromatic N) is 2. The minimum atomic E-state index is -2.94. The topological polar surface area (TPSA) is 76.0 Å². The first kappa shape index (κ1) is 18.3. The number of fused-ring (bicyclic) bond motifs is 1. The lowest BCUT2D eigenvalue weighted by Crippen LogP contribution is -2.29.